The molecule has 158 valence electrons. The summed E-state index contributed by atoms with van der Waals surface area (Å²) in [5.74, 6) is 1.27. The van der Waals surface area contributed by atoms with E-state index in [0.717, 1.165) is 27.9 Å². The summed E-state index contributed by atoms with van der Waals surface area (Å²) in [6.07, 6.45) is 3.59. The predicted molar refractivity (Wildman–Crippen MR) is 127 cm³/mol. The number of thioether (sulfide) groups is 1. The molecule has 0 aliphatic heterocycles. The number of methoxy groups -OCH3 is 1. The van der Waals surface area contributed by atoms with Gasteiger partial charge in [-0.15, -0.1) is 0 Å². The van der Waals surface area contributed by atoms with Crippen LogP contribution in [0.5, 0.6) is 5.75 Å². The zero-order valence-electron chi connectivity index (χ0n) is 17.4. The molecule has 0 saturated heterocycles. The molecule has 0 spiro atoms. The monoisotopic (exact) mass is 440 g/mol. The van der Waals surface area contributed by atoms with Crippen LogP contribution >= 0.6 is 11.8 Å². The third kappa shape index (κ3) is 3.78. The molecule has 0 aliphatic rings. The van der Waals surface area contributed by atoms with E-state index in [0.29, 0.717) is 17.1 Å². The van der Waals surface area contributed by atoms with Crippen LogP contribution in [0.4, 0.5) is 0 Å². The number of pyridine rings is 1. The van der Waals surface area contributed by atoms with Crippen LogP contribution in [0.25, 0.3) is 22.6 Å². The Kier molecular flexibility index (Phi) is 5.47. The highest BCUT2D eigenvalue weighted by Crippen LogP contribution is 2.34. The maximum atomic E-state index is 12.4. The number of rotatable bonds is 6. The molecule has 0 amide bonds. The van der Waals surface area contributed by atoms with Crippen LogP contribution in [0, 0.1) is 0 Å². The molecule has 0 unspecified atom stereocenters. The van der Waals surface area contributed by atoms with E-state index in [1.165, 1.54) is 16.2 Å². The zero-order chi connectivity index (χ0) is 21.9. The van der Waals surface area contributed by atoms with E-state index in [1.807, 2.05) is 66.9 Å². The van der Waals surface area contributed by atoms with E-state index < -0.39 is 0 Å². The van der Waals surface area contributed by atoms with Gasteiger partial charge in [0.25, 0.3) is 5.56 Å². The Balaban J connectivity index is 1.56. The highest BCUT2D eigenvalue weighted by Gasteiger charge is 2.17. The number of aromatic nitrogens is 4. The van der Waals surface area contributed by atoms with Crippen LogP contribution < -0.4 is 10.3 Å². The van der Waals surface area contributed by atoms with E-state index >= 15 is 0 Å². The van der Waals surface area contributed by atoms with Crippen LogP contribution in [0.15, 0.2) is 101 Å². The normalized spacial score (nSPS) is 11.0. The van der Waals surface area contributed by atoms with Crippen molar-refractivity contribution >= 4 is 17.4 Å². The zero-order valence-corrected chi connectivity index (χ0v) is 18.2. The van der Waals surface area contributed by atoms with Crippen LogP contribution in [-0.4, -0.2) is 26.0 Å². The average molecular weight is 441 g/mol. The Morgan fingerprint density at radius 3 is 2.59 bits per heavy atom. The van der Waals surface area contributed by atoms with Crippen molar-refractivity contribution in [2.75, 3.05) is 7.11 Å². The number of nitrogens with zero attached hydrogens (tertiary/aromatic N) is 4. The number of ether oxygens (including phenoxy) is 1. The first kappa shape index (κ1) is 20.1. The molecule has 0 saturated carbocycles. The third-order valence-corrected chi connectivity index (χ3v) is 6.08. The number of hydrogen-bond acceptors (Lipinski definition) is 5. The Morgan fingerprint density at radius 1 is 0.969 bits per heavy atom. The number of imidazole rings is 1. The molecule has 0 N–H and O–H groups in total. The minimum Gasteiger partial charge on any atom is -0.495 e. The number of fused-ring (bicyclic) bond motifs is 1. The molecule has 6 nitrogen and oxygen atoms in total. The van der Waals surface area contributed by atoms with Gasteiger partial charge in [0, 0.05) is 23.6 Å². The molecule has 0 aliphatic carbocycles. The van der Waals surface area contributed by atoms with Gasteiger partial charge >= 0.3 is 0 Å². The molecular weight excluding hydrogens is 420 g/mol. The Hall–Kier alpha value is -3.84. The highest BCUT2D eigenvalue weighted by molar-refractivity contribution is 7.98. The number of para-hydroxylation sites is 2. The first-order valence-electron chi connectivity index (χ1n) is 10.1. The van der Waals surface area contributed by atoms with Crippen LogP contribution in [0.3, 0.4) is 0 Å². The minimum atomic E-state index is -0.0933. The van der Waals surface area contributed by atoms with Gasteiger partial charge in [-0.05, 0) is 24.3 Å². The highest BCUT2D eigenvalue weighted by atomic mass is 32.2. The van der Waals surface area contributed by atoms with E-state index in [4.69, 9.17) is 9.72 Å². The van der Waals surface area contributed by atoms with Gasteiger partial charge in [0.05, 0.1) is 30.4 Å². The molecule has 5 rings (SSSR count). The second kappa shape index (κ2) is 8.72. The lowest BCUT2D eigenvalue weighted by Crippen LogP contribution is -2.14. The van der Waals surface area contributed by atoms with E-state index in [-0.39, 0.29) is 5.56 Å². The van der Waals surface area contributed by atoms with Gasteiger partial charge in [-0.25, -0.2) is 9.97 Å². The van der Waals surface area contributed by atoms with Gasteiger partial charge in [-0.2, -0.15) is 0 Å². The lowest BCUT2D eigenvalue weighted by molar-refractivity contribution is 0.412. The van der Waals surface area contributed by atoms with Crippen molar-refractivity contribution < 1.29 is 4.74 Å². The molecule has 0 atom stereocenters. The Morgan fingerprint density at radius 2 is 1.75 bits per heavy atom. The van der Waals surface area contributed by atoms with Gasteiger partial charge in [0.1, 0.15) is 11.4 Å². The van der Waals surface area contributed by atoms with Gasteiger partial charge in [-0.3, -0.25) is 13.8 Å². The van der Waals surface area contributed by atoms with Gasteiger partial charge in [0.2, 0.25) is 0 Å². The summed E-state index contributed by atoms with van der Waals surface area (Å²) in [6, 6.07) is 25.1. The fourth-order valence-electron chi connectivity index (χ4n) is 3.61. The van der Waals surface area contributed by atoms with E-state index in [9.17, 15) is 4.79 Å². The summed E-state index contributed by atoms with van der Waals surface area (Å²) in [4.78, 5) is 21.8. The van der Waals surface area contributed by atoms with Crippen molar-refractivity contribution in [3.05, 3.63) is 107 Å². The summed E-state index contributed by atoms with van der Waals surface area (Å²) in [7, 11) is 1.66. The Bertz CT molecular complexity index is 1440. The van der Waals surface area contributed by atoms with Crippen LogP contribution in [0.2, 0.25) is 0 Å². The van der Waals surface area contributed by atoms with E-state index in [1.54, 1.807) is 19.4 Å². The minimum absolute atomic E-state index is 0.0933. The van der Waals surface area contributed by atoms with Crippen molar-refractivity contribution in [2.45, 2.75) is 10.9 Å². The molecular formula is C25H20N4O2S. The van der Waals surface area contributed by atoms with E-state index in [2.05, 4.69) is 21.7 Å². The molecule has 7 heteroatoms. The van der Waals surface area contributed by atoms with Crippen LogP contribution in [0.1, 0.15) is 5.69 Å². The quantitative estimate of drug-likeness (QED) is 0.353. The standard InChI is InChI=1S/C25H20N4O2S/c1-31-22-12-6-5-11-20(22)29-21(18-9-3-2-4-10-18)16-26-25(29)32-17-19-15-24(30)28-14-8-7-13-23(28)27-19/h2-16H,17H2,1H3. The van der Waals surface area contributed by atoms with Crippen molar-refractivity contribution in [1.29, 1.82) is 0 Å². The summed E-state index contributed by atoms with van der Waals surface area (Å²) < 4.78 is 9.26. The SMILES string of the molecule is COc1ccccc1-n1c(-c2ccccc2)cnc1SCc1cc(=O)n2ccccc2n1. The Labute approximate surface area is 189 Å². The molecule has 2 aromatic carbocycles. The second-order valence-corrected chi connectivity index (χ2v) is 8.05. The fraction of sp³-hybridized carbons (Fsp3) is 0.0800. The molecule has 5 aromatic rings. The van der Waals surface area contributed by atoms with Crippen molar-refractivity contribution in [3.63, 3.8) is 0 Å². The van der Waals surface area contributed by atoms with Crippen LogP contribution in [-0.2, 0) is 5.75 Å². The fourth-order valence-corrected chi connectivity index (χ4v) is 4.49. The summed E-state index contributed by atoms with van der Waals surface area (Å²) in [6.45, 7) is 0. The lowest BCUT2D eigenvalue weighted by atomic mass is 10.1. The van der Waals surface area contributed by atoms with Crippen molar-refractivity contribution in [2.24, 2.45) is 0 Å². The van der Waals surface area contributed by atoms with Gasteiger partial charge < -0.3 is 4.74 Å². The maximum absolute atomic E-state index is 12.4. The molecule has 32 heavy (non-hydrogen) atoms. The number of benzene rings is 2. The van der Waals surface area contributed by atoms with Gasteiger partial charge in [0.15, 0.2) is 5.16 Å². The summed E-state index contributed by atoms with van der Waals surface area (Å²) in [5.41, 5.74) is 4.17. The van der Waals surface area contributed by atoms with Crippen molar-refractivity contribution in [3.8, 4) is 22.7 Å². The predicted octanol–water partition coefficient (Wildman–Crippen LogP) is 4.85. The molecule has 0 fully saturated rings. The lowest BCUT2D eigenvalue weighted by Gasteiger charge is -2.15. The maximum Gasteiger partial charge on any atom is 0.258 e. The molecule has 3 heterocycles. The average Bonchev–Trinajstić information content (AvgIpc) is 3.27. The molecule has 3 aromatic heterocycles. The third-order valence-electron chi connectivity index (χ3n) is 5.10. The second-order valence-electron chi connectivity index (χ2n) is 7.10. The van der Waals surface area contributed by atoms with Gasteiger partial charge in [-0.1, -0.05) is 60.3 Å². The summed E-state index contributed by atoms with van der Waals surface area (Å²) >= 11 is 1.53. The smallest absolute Gasteiger partial charge is 0.258 e. The number of hydrogen-bond donors (Lipinski definition) is 0. The largest absolute Gasteiger partial charge is 0.495 e. The topological polar surface area (TPSA) is 61.4 Å². The first-order chi connectivity index (χ1) is 15.7. The summed E-state index contributed by atoms with van der Waals surface area (Å²) in [5, 5.41) is 0.795. The van der Waals surface area contributed by atoms with Crippen molar-refractivity contribution in [1.82, 2.24) is 18.9 Å². The first-order valence-corrected chi connectivity index (χ1v) is 11.1. The molecule has 0 radical (unpaired) electrons. The molecule has 0 bridgehead atoms.